The zero-order chi connectivity index (χ0) is 17.2. The molecule has 0 aliphatic heterocycles. The van der Waals surface area contributed by atoms with Crippen LogP contribution in [0.2, 0.25) is 0 Å². The fourth-order valence-corrected chi connectivity index (χ4v) is 1.78. The number of aliphatic carboxylic acids is 1. The first kappa shape index (κ1) is 21.1. The maximum absolute atomic E-state index is 10.2. The molecule has 0 heterocycles. The van der Waals surface area contributed by atoms with Gasteiger partial charge in [-0.05, 0) is 44.9 Å². The third kappa shape index (κ3) is 18.1. The molecular formula is C20H29O3-. The van der Waals surface area contributed by atoms with Crippen molar-refractivity contribution in [1.29, 1.82) is 0 Å². The molecule has 0 radical (unpaired) electrons. The number of allylic oxidation sites excluding steroid dienone is 9. The van der Waals surface area contributed by atoms with E-state index in [2.05, 4.69) is 43.4 Å². The van der Waals surface area contributed by atoms with Crippen LogP contribution in [0, 0.1) is 0 Å². The molecule has 128 valence electrons. The highest BCUT2D eigenvalue weighted by atomic mass is 16.4. The molecule has 3 nitrogen and oxygen atoms in total. The Kier molecular flexibility index (Phi) is 15.2. The number of carboxylic acid groups (broad SMARTS) is 1. The minimum atomic E-state index is -1.07. The minimum Gasteiger partial charge on any atom is -0.550 e. The number of aliphatic hydroxyl groups is 1. The van der Waals surface area contributed by atoms with E-state index in [1.54, 1.807) is 12.2 Å². The van der Waals surface area contributed by atoms with Crippen molar-refractivity contribution in [2.75, 3.05) is 0 Å². The van der Waals surface area contributed by atoms with E-state index in [0.717, 1.165) is 25.7 Å². The predicted octanol–water partition coefficient (Wildman–Crippen LogP) is 3.63. The third-order valence-electron chi connectivity index (χ3n) is 3.01. The van der Waals surface area contributed by atoms with Gasteiger partial charge in [-0.25, -0.2) is 0 Å². The van der Waals surface area contributed by atoms with Crippen molar-refractivity contribution < 1.29 is 15.0 Å². The first-order chi connectivity index (χ1) is 11.2. The molecule has 0 fully saturated rings. The number of hydrogen-bond acceptors (Lipinski definition) is 3. The molecule has 0 spiro atoms. The van der Waals surface area contributed by atoms with Crippen molar-refractivity contribution in [2.45, 2.75) is 58.0 Å². The molecule has 0 aliphatic carbocycles. The van der Waals surface area contributed by atoms with Crippen molar-refractivity contribution in [3.05, 3.63) is 60.8 Å². The number of carboxylic acids is 1. The largest absolute Gasteiger partial charge is 0.550 e. The Labute approximate surface area is 140 Å². The quantitative estimate of drug-likeness (QED) is 0.417. The molecule has 0 saturated heterocycles. The highest BCUT2D eigenvalue weighted by Crippen LogP contribution is 2.02. The van der Waals surface area contributed by atoms with Crippen molar-refractivity contribution >= 4 is 5.97 Å². The predicted molar refractivity (Wildman–Crippen MR) is 94.7 cm³/mol. The molecule has 0 saturated carbocycles. The van der Waals surface area contributed by atoms with Gasteiger partial charge in [0.1, 0.15) is 0 Å². The van der Waals surface area contributed by atoms with E-state index < -0.39 is 12.1 Å². The van der Waals surface area contributed by atoms with Crippen LogP contribution in [-0.4, -0.2) is 17.2 Å². The minimum absolute atomic E-state index is 0.00509. The SMILES string of the molecule is CC/C=C\C/C=C\C/C=C\C/C=C\C=C\[C@@H](O)CCCC(=O)[O-]. The zero-order valence-electron chi connectivity index (χ0n) is 14.1. The summed E-state index contributed by atoms with van der Waals surface area (Å²) in [6.45, 7) is 2.13. The molecule has 1 atom stereocenters. The molecule has 0 amide bonds. The van der Waals surface area contributed by atoms with Crippen LogP contribution in [0.3, 0.4) is 0 Å². The standard InChI is InChI=1S/C20H30O3/c1-2-3-4-5-6-7-8-9-10-11-12-13-14-16-19(21)17-15-18-20(22)23/h3-4,6-7,9-10,12-14,16,19,21H,2,5,8,11,15,17-18H2,1H3,(H,22,23)/p-1/b4-3-,7-6-,10-9-,13-12-,16-14+/t19-/m1/s1. The molecule has 3 heteroatoms. The second-order valence-corrected chi connectivity index (χ2v) is 5.17. The van der Waals surface area contributed by atoms with Gasteiger partial charge in [0.2, 0.25) is 0 Å². The molecule has 0 rings (SSSR count). The maximum atomic E-state index is 10.2. The fourth-order valence-electron chi connectivity index (χ4n) is 1.78. The van der Waals surface area contributed by atoms with E-state index in [1.807, 2.05) is 12.2 Å². The summed E-state index contributed by atoms with van der Waals surface area (Å²) in [7, 11) is 0. The molecule has 0 unspecified atom stereocenters. The monoisotopic (exact) mass is 317 g/mol. The average molecular weight is 317 g/mol. The van der Waals surface area contributed by atoms with Gasteiger partial charge < -0.3 is 15.0 Å². The van der Waals surface area contributed by atoms with Crippen LogP contribution in [0.4, 0.5) is 0 Å². The second-order valence-electron chi connectivity index (χ2n) is 5.17. The lowest BCUT2D eigenvalue weighted by Gasteiger charge is -2.04. The van der Waals surface area contributed by atoms with Gasteiger partial charge in [-0.15, -0.1) is 0 Å². The summed E-state index contributed by atoms with van der Waals surface area (Å²) in [5.41, 5.74) is 0. The highest BCUT2D eigenvalue weighted by Gasteiger charge is 1.97. The topological polar surface area (TPSA) is 60.4 Å². The summed E-state index contributed by atoms with van der Waals surface area (Å²) in [5.74, 6) is -1.07. The number of hydrogen-bond donors (Lipinski definition) is 1. The molecule has 0 bridgehead atoms. The van der Waals surface area contributed by atoms with Crippen molar-refractivity contribution in [1.82, 2.24) is 0 Å². The first-order valence-electron chi connectivity index (χ1n) is 8.33. The molecule has 0 aromatic heterocycles. The number of carbonyl (C=O) groups is 1. The second kappa shape index (κ2) is 16.5. The molecule has 0 aromatic rings. The average Bonchev–Trinajstić information content (AvgIpc) is 2.51. The van der Waals surface area contributed by atoms with Crippen LogP contribution in [0.25, 0.3) is 0 Å². The molecule has 1 N–H and O–H groups in total. The molecule has 0 aliphatic rings. The maximum Gasteiger partial charge on any atom is 0.0724 e. The summed E-state index contributed by atoms with van der Waals surface area (Å²) in [4.78, 5) is 10.2. The van der Waals surface area contributed by atoms with Gasteiger partial charge in [0.15, 0.2) is 0 Å². The van der Waals surface area contributed by atoms with E-state index in [1.165, 1.54) is 0 Å². The van der Waals surface area contributed by atoms with E-state index >= 15 is 0 Å². The van der Waals surface area contributed by atoms with E-state index in [9.17, 15) is 15.0 Å². The smallest absolute Gasteiger partial charge is 0.0724 e. The van der Waals surface area contributed by atoms with Crippen molar-refractivity contribution in [3.63, 3.8) is 0 Å². The van der Waals surface area contributed by atoms with E-state index in [-0.39, 0.29) is 6.42 Å². The normalized spacial score (nSPS) is 14.2. The summed E-state index contributed by atoms with van der Waals surface area (Å²) < 4.78 is 0. The number of rotatable bonds is 13. The van der Waals surface area contributed by atoms with Crippen LogP contribution in [0.5, 0.6) is 0 Å². The lowest BCUT2D eigenvalue weighted by Crippen LogP contribution is -2.22. The number of aliphatic hydroxyl groups excluding tert-OH is 1. The molecule has 0 aromatic carbocycles. The summed E-state index contributed by atoms with van der Waals surface area (Å²) >= 11 is 0. The lowest BCUT2D eigenvalue weighted by molar-refractivity contribution is -0.305. The Bertz CT molecular complexity index is 428. The van der Waals surface area contributed by atoms with Crippen molar-refractivity contribution in [3.8, 4) is 0 Å². The third-order valence-corrected chi connectivity index (χ3v) is 3.01. The Balaban J connectivity index is 3.65. The van der Waals surface area contributed by atoms with Gasteiger partial charge in [-0.1, -0.05) is 67.7 Å². The number of carbonyl (C=O) groups excluding carboxylic acids is 1. The van der Waals surface area contributed by atoms with Crippen LogP contribution in [0.15, 0.2) is 60.8 Å². The Morgan fingerprint density at radius 1 is 0.957 bits per heavy atom. The summed E-state index contributed by atoms with van der Waals surface area (Å²) in [5, 5.41) is 19.8. The van der Waals surface area contributed by atoms with E-state index in [0.29, 0.717) is 12.8 Å². The van der Waals surface area contributed by atoms with Gasteiger partial charge in [0.05, 0.1) is 6.10 Å². The highest BCUT2D eigenvalue weighted by molar-refractivity contribution is 5.64. The Morgan fingerprint density at radius 2 is 1.52 bits per heavy atom. The van der Waals surface area contributed by atoms with Crippen LogP contribution >= 0.6 is 0 Å². The summed E-state index contributed by atoms with van der Waals surface area (Å²) in [6.07, 6.45) is 24.4. The molecule has 23 heavy (non-hydrogen) atoms. The zero-order valence-corrected chi connectivity index (χ0v) is 14.1. The van der Waals surface area contributed by atoms with Crippen LogP contribution < -0.4 is 5.11 Å². The van der Waals surface area contributed by atoms with Gasteiger partial charge in [-0.3, -0.25) is 0 Å². The Hall–Kier alpha value is -1.87. The van der Waals surface area contributed by atoms with Crippen molar-refractivity contribution in [2.24, 2.45) is 0 Å². The van der Waals surface area contributed by atoms with Crippen LogP contribution in [0.1, 0.15) is 51.9 Å². The summed E-state index contributed by atoms with van der Waals surface area (Å²) in [6, 6.07) is 0. The van der Waals surface area contributed by atoms with Gasteiger partial charge in [0.25, 0.3) is 0 Å². The first-order valence-corrected chi connectivity index (χ1v) is 8.33. The fraction of sp³-hybridized carbons (Fsp3) is 0.450. The lowest BCUT2D eigenvalue weighted by atomic mass is 10.1. The van der Waals surface area contributed by atoms with Gasteiger partial charge in [0, 0.05) is 5.97 Å². The Morgan fingerprint density at radius 3 is 2.09 bits per heavy atom. The van der Waals surface area contributed by atoms with Gasteiger partial charge in [-0.2, -0.15) is 0 Å². The van der Waals surface area contributed by atoms with Gasteiger partial charge >= 0.3 is 0 Å². The molecular weight excluding hydrogens is 288 g/mol. The van der Waals surface area contributed by atoms with Crippen LogP contribution in [-0.2, 0) is 4.79 Å². The van der Waals surface area contributed by atoms with E-state index in [4.69, 9.17) is 0 Å².